The fourth-order valence-electron chi connectivity index (χ4n) is 2.94. The number of nitrogens with zero attached hydrogens (tertiary/aromatic N) is 1. The van der Waals surface area contributed by atoms with Crippen molar-refractivity contribution in [2.75, 3.05) is 0 Å². The molecule has 1 aliphatic rings. The normalized spacial score (nSPS) is 22.3. The van der Waals surface area contributed by atoms with Gasteiger partial charge in [0.15, 0.2) is 5.78 Å². The molecule has 1 N–H and O–H groups in total. The van der Waals surface area contributed by atoms with Crippen LogP contribution < -0.4 is 5.32 Å². The molecule has 0 radical (unpaired) electrons. The molecular formula is C18H22N2O3. The average Bonchev–Trinajstić information content (AvgIpc) is 2.86. The number of benzene rings is 1. The molecule has 1 saturated carbocycles. The molecule has 0 spiro atoms. The molecule has 122 valence electrons. The third-order valence-electron chi connectivity index (χ3n) is 3.96. The number of rotatable bonds is 3. The van der Waals surface area contributed by atoms with Crippen molar-refractivity contribution in [3.63, 3.8) is 0 Å². The number of carbonyl (C=O) groups is 2. The minimum absolute atomic E-state index is 0.120. The lowest BCUT2D eigenvalue weighted by molar-refractivity contribution is -0.124. The summed E-state index contributed by atoms with van der Waals surface area (Å²) < 4.78 is 5.30. The number of hydrogen-bond donors (Lipinski definition) is 1. The maximum absolute atomic E-state index is 12.4. The Hall–Kier alpha value is -2.35. The fraction of sp³-hybridized carbons (Fsp3) is 0.500. The van der Waals surface area contributed by atoms with Gasteiger partial charge in [-0.05, 0) is 39.2 Å². The fourth-order valence-corrected chi connectivity index (χ4v) is 2.94. The van der Waals surface area contributed by atoms with E-state index >= 15 is 0 Å². The molecule has 5 heteroatoms. The molecule has 5 nitrogen and oxygen atoms in total. The Morgan fingerprint density at radius 3 is 2.48 bits per heavy atom. The summed E-state index contributed by atoms with van der Waals surface area (Å²) in [6.07, 6.45) is 0.844. The molecule has 1 aliphatic carbocycles. The first-order valence-electron chi connectivity index (χ1n) is 7.77. The van der Waals surface area contributed by atoms with Gasteiger partial charge in [0.25, 0.3) is 0 Å². The molecule has 2 rings (SSSR count). The van der Waals surface area contributed by atoms with Gasteiger partial charge >= 0.3 is 6.09 Å². The predicted octanol–water partition coefficient (Wildman–Crippen LogP) is 3.52. The molecule has 23 heavy (non-hydrogen) atoms. The van der Waals surface area contributed by atoms with E-state index in [0.717, 1.165) is 5.56 Å². The second-order valence-corrected chi connectivity index (χ2v) is 6.85. The highest BCUT2D eigenvalue weighted by Gasteiger charge is 2.50. The van der Waals surface area contributed by atoms with Crippen LogP contribution in [0.2, 0.25) is 0 Å². The summed E-state index contributed by atoms with van der Waals surface area (Å²) in [7, 11) is 0. The Bertz CT molecular complexity index is 628. The van der Waals surface area contributed by atoms with Gasteiger partial charge in [-0.25, -0.2) is 4.79 Å². The topological polar surface area (TPSA) is 79.2 Å². The van der Waals surface area contributed by atoms with Gasteiger partial charge in [0, 0.05) is 6.42 Å². The summed E-state index contributed by atoms with van der Waals surface area (Å²) in [6, 6.07) is 10.6. The summed E-state index contributed by atoms with van der Waals surface area (Å²) >= 11 is 0. The largest absolute Gasteiger partial charge is 0.444 e. The van der Waals surface area contributed by atoms with Crippen molar-refractivity contribution in [3.8, 4) is 6.07 Å². The Labute approximate surface area is 136 Å². The molecule has 1 aromatic carbocycles. The monoisotopic (exact) mass is 314 g/mol. The molecule has 1 aromatic rings. The summed E-state index contributed by atoms with van der Waals surface area (Å²) in [5.74, 6) is -0.120. The molecule has 1 fully saturated rings. The summed E-state index contributed by atoms with van der Waals surface area (Å²) in [4.78, 5) is 24.6. The third-order valence-corrected chi connectivity index (χ3v) is 3.96. The summed E-state index contributed by atoms with van der Waals surface area (Å²) in [5.41, 5.74) is -1.14. The van der Waals surface area contributed by atoms with Crippen LogP contribution in [0.4, 0.5) is 4.79 Å². The highest BCUT2D eigenvalue weighted by Crippen LogP contribution is 2.44. The molecule has 0 bridgehead atoms. The van der Waals surface area contributed by atoms with Crippen molar-refractivity contribution >= 4 is 11.9 Å². The smallest absolute Gasteiger partial charge is 0.408 e. The standard InChI is InChI=1S/C18H22N2O3/c1-17(2,3)23-16(22)20-15(13-8-5-4-6-9-13)18(12-19)11-7-10-14(18)21/h4-6,8-9,15H,7,10-11H2,1-3H3,(H,20,22)/t15-,18-/m0/s1. The Kier molecular flexibility index (Phi) is 4.74. The van der Waals surface area contributed by atoms with Gasteiger partial charge in [-0.1, -0.05) is 30.3 Å². The van der Waals surface area contributed by atoms with Gasteiger partial charge in [-0.15, -0.1) is 0 Å². The molecule has 0 unspecified atom stereocenters. The third kappa shape index (κ3) is 3.70. The van der Waals surface area contributed by atoms with E-state index in [4.69, 9.17) is 4.74 Å². The van der Waals surface area contributed by atoms with Crippen LogP contribution in [0.1, 0.15) is 51.6 Å². The summed E-state index contributed by atoms with van der Waals surface area (Å²) in [5, 5.41) is 12.5. The second-order valence-electron chi connectivity index (χ2n) is 6.85. The first-order valence-corrected chi connectivity index (χ1v) is 7.77. The lowest BCUT2D eigenvalue weighted by Gasteiger charge is -2.32. The van der Waals surface area contributed by atoms with Gasteiger partial charge in [-0.3, -0.25) is 4.79 Å². The Morgan fingerprint density at radius 1 is 1.35 bits per heavy atom. The van der Waals surface area contributed by atoms with Crippen LogP contribution in [0.25, 0.3) is 0 Å². The van der Waals surface area contributed by atoms with Crippen LogP contribution in [0, 0.1) is 16.7 Å². The number of hydrogen-bond acceptors (Lipinski definition) is 4. The van der Waals surface area contributed by atoms with Crippen LogP contribution in [0.5, 0.6) is 0 Å². The molecular weight excluding hydrogens is 292 g/mol. The van der Waals surface area contributed by atoms with Crippen molar-refractivity contribution in [2.45, 2.75) is 51.7 Å². The quantitative estimate of drug-likeness (QED) is 0.925. The molecule has 0 aliphatic heterocycles. The maximum atomic E-state index is 12.4. The predicted molar refractivity (Wildman–Crippen MR) is 85.5 cm³/mol. The van der Waals surface area contributed by atoms with E-state index in [0.29, 0.717) is 19.3 Å². The van der Waals surface area contributed by atoms with Gasteiger partial charge < -0.3 is 10.1 Å². The molecule has 0 heterocycles. The molecule has 0 saturated heterocycles. The number of ether oxygens (including phenoxy) is 1. The van der Waals surface area contributed by atoms with Crippen LogP contribution >= 0.6 is 0 Å². The number of ketones is 1. The van der Waals surface area contributed by atoms with E-state index in [-0.39, 0.29) is 5.78 Å². The minimum Gasteiger partial charge on any atom is -0.444 e. The van der Waals surface area contributed by atoms with Gasteiger partial charge in [0.05, 0.1) is 12.1 Å². The second kappa shape index (κ2) is 6.41. The SMILES string of the molecule is CC(C)(C)OC(=O)N[C@@H](c1ccccc1)[C@]1(C#N)CCCC1=O. The average molecular weight is 314 g/mol. The first kappa shape index (κ1) is 17.0. The van der Waals surface area contributed by atoms with Crippen LogP contribution in [0.3, 0.4) is 0 Å². The van der Waals surface area contributed by atoms with E-state index < -0.39 is 23.2 Å². The molecule has 0 aromatic heterocycles. The minimum atomic E-state index is -1.22. The van der Waals surface area contributed by atoms with Crippen molar-refractivity contribution in [3.05, 3.63) is 35.9 Å². The number of amides is 1. The van der Waals surface area contributed by atoms with E-state index in [2.05, 4.69) is 11.4 Å². The number of Topliss-reactive ketones (excluding diaryl/α,β-unsaturated/α-hetero) is 1. The highest BCUT2D eigenvalue weighted by molar-refractivity contribution is 5.91. The number of nitrogens with one attached hydrogen (secondary N) is 1. The number of carbonyl (C=O) groups excluding carboxylic acids is 2. The molecule has 1 amide bonds. The lowest BCUT2D eigenvalue weighted by Crippen LogP contribution is -2.44. The van der Waals surface area contributed by atoms with E-state index in [1.165, 1.54) is 0 Å². The zero-order valence-corrected chi connectivity index (χ0v) is 13.8. The van der Waals surface area contributed by atoms with E-state index in [9.17, 15) is 14.9 Å². The zero-order valence-electron chi connectivity index (χ0n) is 13.8. The highest BCUT2D eigenvalue weighted by atomic mass is 16.6. The van der Waals surface area contributed by atoms with E-state index in [1.807, 2.05) is 30.3 Å². The first-order chi connectivity index (χ1) is 10.8. The van der Waals surface area contributed by atoms with Crippen molar-refractivity contribution in [1.29, 1.82) is 5.26 Å². The van der Waals surface area contributed by atoms with Crippen LogP contribution in [0.15, 0.2) is 30.3 Å². The van der Waals surface area contributed by atoms with Crippen molar-refractivity contribution in [2.24, 2.45) is 5.41 Å². The maximum Gasteiger partial charge on any atom is 0.408 e. The van der Waals surface area contributed by atoms with Crippen molar-refractivity contribution < 1.29 is 14.3 Å². The van der Waals surface area contributed by atoms with Crippen LogP contribution in [-0.4, -0.2) is 17.5 Å². The lowest BCUT2D eigenvalue weighted by atomic mass is 9.76. The molecule has 2 atom stereocenters. The van der Waals surface area contributed by atoms with Gasteiger partial charge in [-0.2, -0.15) is 5.26 Å². The summed E-state index contributed by atoms with van der Waals surface area (Å²) in [6.45, 7) is 5.31. The number of alkyl carbamates (subject to hydrolysis) is 1. The van der Waals surface area contributed by atoms with Crippen LogP contribution in [-0.2, 0) is 9.53 Å². The van der Waals surface area contributed by atoms with Crippen molar-refractivity contribution in [1.82, 2.24) is 5.32 Å². The van der Waals surface area contributed by atoms with Gasteiger partial charge in [0.1, 0.15) is 11.0 Å². The number of nitriles is 1. The Morgan fingerprint density at radius 2 is 2.00 bits per heavy atom. The van der Waals surface area contributed by atoms with Gasteiger partial charge in [0.2, 0.25) is 0 Å². The van der Waals surface area contributed by atoms with E-state index in [1.54, 1.807) is 20.8 Å². The zero-order chi connectivity index (χ0) is 17.1. The Balaban J connectivity index is 2.36.